The Kier molecular flexibility index (Phi) is 4.67. The molecule has 100 valence electrons. The van der Waals surface area contributed by atoms with E-state index in [1.54, 1.807) is 20.8 Å². The van der Waals surface area contributed by atoms with E-state index in [4.69, 9.17) is 9.84 Å². The molecule has 5 heteroatoms. The van der Waals surface area contributed by atoms with Crippen molar-refractivity contribution in [2.24, 2.45) is 0 Å². The number of aliphatic hydroxyl groups is 1. The van der Waals surface area contributed by atoms with Crippen molar-refractivity contribution < 1.29 is 19.0 Å². The van der Waals surface area contributed by atoms with E-state index < -0.39 is 11.6 Å². The highest BCUT2D eigenvalue weighted by Gasteiger charge is 2.23. The summed E-state index contributed by atoms with van der Waals surface area (Å²) < 4.78 is 18.0. The highest BCUT2D eigenvalue weighted by atomic mass is 19.1. The average molecular weight is 255 g/mol. The smallest absolute Gasteiger partial charge is 0.261 e. The number of hydrogen-bond acceptors (Lipinski definition) is 3. The summed E-state index contributed by atoms with van der Waals surface area (Å²) >= 11 is 0. The molecule has 0 aromatic heterocycles. The monoisotopic (exact) mass is 255 g/mol. The minimum atomic E-state index is -0.721. The Hall–Kier alpha value is -1.62. The van der Waals surface area contributed by atoms with Crippen molar-refractivity contribution in [1.29, 1.82) is 0 Å². The molecule has 2 N–H and O–H groups in total. The van der Waals surface area contributed by atoms with Crippen LogP contribution in [0, 0.1) is 5.82 Å². The molecular weight excluding hydrogens is 237 g/mol. The van der Waals surface area contributed by atoms with E-state index in [0.717, 1.165) is 0 Å². The molecule has 0 saturated carbocycles. The number of aliphatic hydroxyl groups excluding tert-OH is 1. The average Bonchev–Trinajstić information content (AvgIpc) is 2.31. The van der Waals surface area contributed by atoms with Gasteiger partial charge in [-0.15, -0.1) is 0 Å². The van der Waals surface area contributed by atoms with Gasteiger partial charge in [-0.05, 0) is 45.0 Å². The summed E-state index contributed by atoms with van der Waals surface area (Å²) in [6, 6.07) is 5.43. The summed E-state index contributed by atoms with van der Waals surface area (Å²) in [7, 11) is 0. The third-order valence-electron chi connectivity index (χ3n) is 2.35. The van der Waals surface area contributed by atoms with Crippen molar-refractivity contribution in [3.8, 4) is 5.75 Å². The van der Waals surface area contributed by atoms with Crippen molar-refractivity contribution >= 4 is 5.91 Å². The van der Waals surface area contributed by atoms with Gasteiger partial charge in [-0.1, -0.05) is 0 Å². The minimum absolute atomic E-state index is 0.165. The molecule has 1 rings (SSSR count). The molecule has 0 aliphatic carbocycles. The lowest BCUT2D eigenvalue weighted by molar-refractivity contribution is -0.129. The molecule has 0 aliphatic heterocycles. The highest BCUT2D eigenvalue weighted by molar-refractivity contribution is 5.81. The molecule has 0 heterocycles. The summed E-state index contributed by atoms with van der Waals surface area (Å²) in [5.41, 5.74) is -0.697. The van der Waals surface area contributed by atoms with Crippen LogP contribution < -0.4 is 10.1 Å². The first-order valence-corrected chi connectivity index (χ1v) is 5.69. The zero-order valence-electron chi connectivity index (χ0n) is 10.7. The lowest BCUT2D eigenvalue weighted by Crippen LogP contribution is -2.50. The molecule has 0 saturated heterocycles. The molecular formula is C13H18FNO3. The second-order valence-corrected chi connectivity index (χ2v) is 4.75. The Bertz CT molecular complexity index is 403. The maximum absolute atomic E-state index is 12.7. The number of nitrogens with one attached hydrogen (secondary N) is 1. The summed E-state index contributed by atoms with van der Waals surface area (Å²) in [5.74, 6) is -0.278. The maximum Gasteiger partial charge on any atom is 0.261 e. The van der Waals surface area contributed by atoms with E-state index in [2.05, 4.69) is 5.32 Å². The van der Waals surface area contributed by atoms with E-state index in [0.29, 0.717) is 5.75 Å². The second kappa shape index (κ2) is 5.82. The summed E-state index contributed by atoms with van der Waals surface area (Å²) in [6.45, 7) is 4.83. The lowest BCUT2D eigenvalue weighted by Gasteiger charge is -2.25. The fraction of sp³-hybridized carbons (Fsp3) is 0.462. The van der Waals surface area contributed by atoms with Gasteiger partial charge in [0.25, 0.3) is 5.91 Å². The molecule has 1 aromatic rings. The van der Waals surface area contributed by atoms with E-state index >= 15 is 0 Å². The molecule has 4 nitrogen and oxygen atoms in total. The first kappa shape index (κ1) is 14.4. The van der Waals surface area contributed by atoms with Crippen LogP contribution in [0.4, 0.5) is 4.39 Å². The predicted molar refractivity (Wildman–Crippen MR) is 65.8 cm³/mol. The third kappa shape index (κ3) is 4.33. The molecule has 1 atom stereocenters. The number of ether oxygens (including phenoxy) is 1. The summed E-state index contributed by atoms with van der Waals surface area (Å²) in [6.07, 6.45) is -0.721. The van der Waals surface area contributed by atoms with Crippen molar-refractivity contribution in [3.63, 3.8) is 0 Å². The van der Waals surface area contributed by atoms with Crippen LogP contribution in [0.1, 0.15) is 20.8 Å². The van der Waals surface area contributed by atoms with Crippen molar-refractivity contribution in [3.05, 3.63) is 30.1 Å². The maximum atomic E-state index is 12.7. The lowest BCUT2D eigenvalue weighted by atomic mass is 10.1. The van der Waals surface area contributed by atoms with Crippen molar-refractivity contribution in [2.75, 3.05) is 6.61 Å². The van der Waals surface area contributed by atoms with Gasteiger partial charge in [0.15, 0.2) is 6.10 Å². The van der Waals surface area contributed by atoms with Gasteiger partial charge in [0.05, 0.1) is 12.1 Å². The molecule has 0 spiro atoms. The zero-order chi connectivity index (χ0) is 13.8. The summed E-state index contributed by atoms with van der Waals surface area (Å²) in [5, 5.41) is 11.7. The first-order chi connectivity index (χ1) is 8.34. The standard InChI is InChI=1S/C13H18FNO3/c1-9(12(17)15-13(2,3)8-16)18-11-6-4-10(14)5-7-11/h4-7,9,16H,8H2,1-3H3,(H,15,17). The van der Waals surface area contributed by atoms with Crippen LogP contribution in [0.3, 0.4) is 0 Å². The number of amides is 1. The largest absolute Gasteiger partial charge is 0.481 e. The number of hydrogen-bond donors (Lipinski definition) is 2. The van der Waals surface area contributed by atoms with Gasteiger partial charge in [-0.2, -0.15) is 0 Å². The normalized spacial score (nSPS) is 12.9. The topological polar surface area (TPSA) is 58.6 Å². The van der Waals surface area contributed by atoms with Crippen LogP contribution in [0.15, 0.2) is 24.3 Å². The molecule has 1 unspecified atom stereocenters. The molecule has 1 aromatic carbocycles. The Morgan fingerprint density at radius 2 is 2.00 bits per heavy atom. The Balaban J connectivity index is 2.57. The Morgan fingerprint density at radius 3 is 2.50 bits per heavy atom. The number of carbonyl (C=O) groups is 1. The molecule has 1 amide bonds. The Morgan fingerprint density at radius 1 is 1.44 bits per heavy atom. The van der Waals surface area contributed by atoms with E-state index in [1.165, 1.54) is 24.3 Å². The minimum Gasteiger partial charge on any atom is -0.481 e. The second-order valence-electron chi connectivity index (χ2n) is 4.75. The molecule has 0 bridgehead atoms. The molecule has 0 radical (unpaired) electrons. The van der Waals surface area contributed by atoms with Gasteiger partial charge in [0.2, 0.25) is 0 Å². The van der Waals surface area contributed by atoms with E-state index in [1.807, 2.05) is 0 Å². The fourth-order valence-corrected chi connectivity index (χ4v) is 1.25. The van der Waals surface area contributed by atoms with Crippen LogP contribution in [-0.4, -0.2) is 29.3 Å². The van der Waals surface area contributed by atoms with Gasteiger partial charge in [-0.3, -0.25) is 4.79 Å². The Labute approximate surface area is 106 Å². The van der Waals surface area contributed by atoms with Gasteiger partial charge in [0.1, 0.15) is 11.6 Å². The van der Waals surface area contributed by atoms with Crippen LogP contribution in [0.2, 0.25) is 0 Å². The third-order valence-corrected chi connectivity index (χ3v) is 2.35. The van der Waals surface area contributed by atoms with Gasteiger partial charge >= 0.3 is 0 Å². The van der Waals surface area contributed by atoms with Gasteiger partial charge in [-0.25, -0.2) is 4.39 Å². The van der Waals surface area contributed by atoms with Crippen LogP contribution in [-0.2, 0) is 4.79 Å². The van der Waals surface area contributed by atoms with Crippen LogP contribution in [0.5, 0.6) is 5.75 Å². The van der Waals surface area contributed by atoms with E-state index in [-0.39, 0.29) is 18.3 Å². The van der Waals surface area contributed by atoms with Crippen LogP contribution >= 0.6 is 0 Å². The van der Waals surface area contributed by atoms with Crippen molar-refractivity contribution in [2.45, 2.75) is 32.4 Å². The van der Waals surface area contributed by atoms with Gasteiger partial charge in [0, 0.05) is 0 Å². The molecule has 0 fully saturated rings. The quantitative estimate of drug-likeness (QED) is 0.838. The molecule has 18 heavy (non-hydrogen) atoms. The van der Waals surface area contributed by atoms with Gasteiger partial charge < -0.3 is 15.2 Å². The van der Waals surface area contributed by atoms with Crippen molar-refractivity contribution in [1.82, 2.24) is 5.32 Å². The fourth-order valence-electron chi connectivity index (χ4n) is 1.25. The van der Waals surface area contributed by atoms with Crippen LogP contribution in [0.25, 0.3) is 0 Å². The highest BCUT2D eigenvalue weighted by Crippen LogP contribution is 2.13. The van der Waals surface area contributed by atoms with E-state index in [9.17, 15) is 9.18 Å². The number of carbonyl (C=O) groups excluding carboxylic acids is 1. The number of benzene rings is 1. The first-order valence-electron chi connectivity index (χ1n) is 5.69. The predicted octanol–water partition coefficient (Wildman–Crippen LogP) is 1.48. The number of rotatable bonds is 5. The SMILES string of the molecule is CC(Oc1ccc(F)cc1)C(=O)NC(C)(C)CO. The zero-order valence-corrected chi connectivity index (χ0v) is 10.7. The molecule has 0 aliphatic rings. The number of halogens is 1. The summed E-state index contributed by atoms with van der Waals surface area (Å²) in [4.78, 5) is 11.8.